The van der Waals surface area contributed by atoms with Crippen LogP contribution in [0.15, 0.2) is 60.7 Å². The molecule has 3 aromatic rings. The van der Waals surface area contributed by atoms with Gasteiger partial charge in [-0.25, -0.2) is 13.2 Å². The summed E-state index contributed by atoms with van der Waals surface area (Å²) < 4.78 is 41.2. The summed E-state index contributed by atoms with van der Waals surface area (Å²) in [5.41, 5.74) is 4.26. The van der Waals surface area contributed by atoms with Crippen molar-refractivity contribution >= 4 is 8.80 Å². The average molecular weight is 453 g/mol. The Bertz CT molecular complexity index is 1040. The van der Waals surface area contributed by atoms with Crippen molar-refractivity contribution in [1.82, 2.24) is 0 Å². The summed E-state index contributed by atoms with van der Waals surface area (Å²) in [5.74, 6) is -1.58. The van der Waals surface area contributed by atoms with Gasteiger partial charge in [0.2, 0.25) is 0 Å². The molecular weight excluding hydrogens is 421 g/mol. The maximum Gasteiger partial charge on any atom is 0.159 e. The summed E-state index contributed by atoms with van der Waals surface area (Å²) in [6, 6.07) is 22.0. The molecule has 1 saturated heterocycles. The number of benzene rings is 3. The van der Waals surface area contributed by atoms with E-state index in [4.69, 9.17) is 0 Å². The zero-order valence-electron chi connectivity index (χ0n) is 18.7. The minimum atomic E-state index is -0.967. The summed E-state index contributed by atoms with van der Waals surface area (Å²) >= 11 is 0. The Hall–Kier alpha value is -2.33. The zero-order chi connectivity index (χ0) is 22.5. The molecule has 1 fully saturated rings. The Morgan fingerprint density at radius 1 is 0.750 bits per heavy atom. The minimum absolute atomic E-state index is 0.286. The summed E-state index contributed by atoms with van der Waals surface area (Å²) in [6.07, 6.45) is 5.66. The van der Waals surface area contributed by atoms with Crippen LogP contribution in [0.5, 0.6) is 0 Å². The molecule has 0 atom stereocenters. The molecule has 0 amide bonds. The lowest BCUT2D eigenvalue weighted by atomic mass is 9.92. The predicted octanol–water partition coefficient (Wildman–Crippen LogP) is 8.07. The van der Waals surface area contributed by atoms with E-state index in [1.807, 2.05) is 6.07 Å². The Kier molecular flexibility index (Phi) is 7.51. The van der Waals surface area contributed by atoms with Gasteiger partial charge in [-0.3, -0.25) is 0 Å². The summed E-state index contributed by atoms with van der Waals surface area (Å²) in [5, 5.41) is 0. The first-order valence-corrected chi connectivity index (χ1v) is 14.3. The third-order valence-corrected chi connectivity index (χ3v) is 10.7. The Balaban J connectivity index is 1.34. The molecule has 168 valence electrons. The second-order valence-electron chi connectivity index (χ2n) is 9.19. The lowest BCUT2D eigenvalue weighted by Gasteiger charge is -2.27. The van der Waals surface area contributed by atoms with E-state index in [-0.39, 0.29) is 5.56 Å². The van der Waals surface area contributed by atoms with E-state index >= 15 is 0 Å². The van der Waals surface area contributed by atoms with Gasteiger partial charge in [-0.05, 0) is 72.1 Å². The molecule has 0 N–H and O–H groups in total. The largest absolute Gasteiger partial charge is 0.206 e. The van der Waals surface area contributed by atoms with Gasteiger partial charge in [0.1, 0.15) is 5.82 Å². The van der Waals surface area contributed by atoms with E-state index in [0.29, 0.717) is 5.56 Å². The van der Waals surface area contributed by atoms with Crippen molar-refractivity contribution in [2.24, 2.45) is 0 Å². The van der Waals surface area contributed by atoms with Crippen molar-refractivity contribution < 1.29 is 13.2 Å². The van der Waals surface area contributed by atoms with Gasteiger partial charge in [0.25, 0.3) is 0 Å². The van der Waals surface area contributed by atoms with Crippen molar-refractivity contribution in [3.05, 3.63) is 94.8 Å². The van der Waals surface area contributed by atoms with Crippen LogP contribution in [0, 0.1) is 17.5 Å². The number of aryl methyl sites for hydroxylation is 2. The van der Waals surface area contributed by atoms with Crippen molar-refractivity contribution in [1.29, 1.82) is 0 Å². The molecule has 0 spiro atoms. The quantitative estimate of drug-likeness (QED) is 0.318. The standard InChI is InChI=1S/C28H31F3Si/c1-2-15-32-16-13-23(14-17-32)22-8-5-20(6-9-22)3-4-21-7-11-25(27(30)18-21)24-10-12-26(29)28(31)19-24/h5-12,18-19,23,32H,2-4,13-17H2,1H3/t23-,32-. The van der Waals surface area contributed by atoms with E-state index in [1.165, 1.54) is 60.7 Å². The predicted molar refractivity (Wildman–Crippen MR) is 129 cm³/mol. The highest BCUT2D eigenvalue weighted by Gasteiger charge is 2.22. The molecule has 0 aliphatic carbocycles. The van der Waals surface area contributed by atoms with E-state index in [9.17, 15) is 13.2 Å². The Morgan fingerprint density at radius 2 is 1.44 bits per heavy atom. The third kappa shape index (κ3) is 5.53. The normalized spacial score (nSPS) is 18.6. The molecule has 0 aromatic heterocycles. The van der Waals surface area contributed by atoms with E-state index in [0.717, 1.165) is 36.5 Å². The number of halogens is 3. The minimum Gasteiger partial charge on any atom is -0.206 e. The summed E-state index contributed by atoms with van der Waals surface area (Å²) in [6.45, 7) is 2.31. The van der Waals surface area contributed by atoms with Crippen molar-refractivity contribution in [2.45, 2.75) is 63.1 Å². The van der Waals surface area contributed by atoms with Crippen LogP contribution in [-0.4, -0.2) is 8.80 Å². The highest BCUT2D eigenvalue weighted by molar-refractivity contribution is 6.59. The molecule has 0 saturated carbocycles. The molecule has 0 nitrogen and oxygen atoms in total. The van der Waals surface area contributed by atoms with Gasteiger partial charge < -0.3 is 0 Å². The molecule has 0 bridgehead atoms. The average Bonchev–Trinajstić information content (AvgIpc) is 2.81. The second kappa shape index (κ2) is 10.5. The van der Waals surface area contributed by atoms with E-state index in [2.05, 4.69) is 31.2 Å². The molecule has 1 aliphatic rings. The molecule has 4 rings (SSSR count). The Morgan fingerprint density at radius 3 is 2.09 bits per heavy atom. The van der Waals surface area contributed by atoms with Gasteiger partial charge in [-0.1, -0.05) is 73.9 Å². The van der Waals surface area contributed by atoms with Crippen molar-refractivity contribution in [3.8, 4) is 11.1 Å². The molecule has 4 heteroatoms. The van der Waals surface area contributed by atoms with Gasteiger partial charge in [-0.2, -0.15) is 0 Å². The van der Waals surface area contributed by atoms with Crippen molar-refractivity contribution in [2.75, 3.05) is 0 Å². The zero-order valence-corrected chi connectivity index (χ0v) is 19.9. The van der Waals surface area contributed by atoms with Gasteiger partial charge in [0, 0.05) is 14.4 Å². The summed E-state index contributed by atoms with van der Waals surface area (Å²) in [7, 11) is -0.443. The lowest BCUT2D eigenvalue weighted by molar-refractivity contribution is 0.509. The molecule has 3 aromatic carbocycles. The number of hydrogen-bond acceptors (Lipinski definition) is 0. The van der Waals surface area contributed by atoms with Gasteiger partial charge >= 0.3 is 0 Å². The fraction of sp³-hybridized carbons (Fsp3) is 0.357. The van der Waals surface area contributed by atoms with E-state index < -0.39 is 26.2 Å². The number of hydrogen-bond donors (Lipinski definition) is 0. The monoisotopic (exact) mass is 452 g/mol. The van der Waals surface area contributed by atoms with Gasteiger partial charge in [0.05, 0.1) is 0 Å². The van der Waals surface area contributed by atoms with Crippen LogP contribution in [0.1, 0.15) is 48.8 Å². The van der Waals surface area contributed by atoms with Gasteiger partial charge in [0.15, 0.2) is 11.6 Å². The lowest BCUT2D eigenvalue weighted by Crippen LogP contribution is -2.20. The number of rotatable bonds is 7. The molecule has 32 heavy (non-hydrogen) atoms. The SMILES string of the molecule is CCC[Si@H]1CC[C@H](c2ccc(CCc3ccc(-c4ccc(F)c(F)c4)c(F)c3)cc2)CC1. The second-order valence-corrected chi connectivity index (χ2v) is 12.7. The topological polar surface area (TPSA) is 0 Å². The van der Waals surface area contributed by atoms with Crippen LogP contribution in [0.25, 0.3) is 11.1 Å². The van der Waals surface area contributed by atoms with Crippen LogP contribution in [0.2, 0.25) is 18.1 Å². The Labute approximate surface area is 191 Å². The van der Waals surface area contributed by atoms with Crippen molar-refractivity contribution in [3.63, 3.8) is 0 Å². The van der Waals surface area contributed by atoms with Crippen LogP contribution in [0.4, 0.5) is 13.2 Å². The highest BCUT2D eigenvalue weighted by Crippen LogP contribution is 2.35. The molecule has 1 aliphatic heterocycles. The van der Waals surface area contributed by atoms with Gasteiger partial charge in [-0.15, -0.1) is 0 Å². The molecule has 0 unspecified atom stereocenters. The first-order chi connectivity index (χ1) is 15.5. The highest BCUT2D eigenvalue weighted by atomic mass is 28.3. The fourth-order valence-electron chi connectivity index (χ4n) is 5.05. The van der Waals surface area contributed by atoms with Crippen LogP contribution >= 0.6 is 0 Å². The third-order valence-electron chi connectivity index (χ3n) is 6.96. The van der Waals surface area contributed by atoms with Crippen LogP contribution < -0.4 is 0 Å². The first-order valence-electron chi connectivity index (χ1n) is 11.9. The molecular formula is C28H31F3Si. The fourth-order valence-corrected chi connectivity index (χ4v) is 8.48. The maximum absolute atomic E-state index is 14.6. The maximum atomic E-state index is 14.6. The van der Waals surface area contributed by atoms with Crippen LogP contribution in [0.3, 0.4) is 0 Å². The first kappa shape index (κ1) is 22.8. The van der Waals surface area contributed by atoms with E-state index in [1.54, 1.807) is 6.07 Å². The summed E-state index contributed by atoms with van der Waals surface area (Å²) in [4.78, 5) is 0. The van der Waals surface area contributed by atoms with Crippen LogP contribution in [-0.2, 0) is 12.8 Å². The molecule has 1 heterocycles. The molecule has 0 radical (unpaired) electrons. The smallest absolute Gasteiger partial charge is 0.159 e.